The molecule has 1 unspecified atom stereocenters. The number of amides is 1. The second-order valence-electron chi connectivity index (χ2n) is 9.79. The number of hydrogen-bond acceptors (Lipinski definition) is 4. The van der Waals surface area contributed by atoms with E-state index in [1.807, 2.05) is 4.90 Å². The highest BCUT2D eigenvalue weighted by molar-refractivity contribution is 5.94. The van der Waals surface area contributed by atoms with Crippen molar-refractivity contribution in [2.75, 3.05) is 26.2 Å². The van der Waals surface area contributed by atoms with E-state index in [1.54, 1.807) is 0 Å². The van der Waals surface area contributed by atoms with Gasteiger partial charge in [0.1, 0.15) is 5.76 Å². The first-order chi connectivity index (χ1) is 13.8. The predicted octanol–water partition coefficient (Wildman–Crippen LogP) is 4.09. The Morgan fingerprint density at radius 2 is 1.83 bits per heavy atom. The maximum Gasteiger partial charge on any atom is 0.276 e. The summed E-state index contributed by atoms with van der Waals surface area (Å²) in [6, 6.07) is 8.71. The van der Waals surface area contributed by atoms with Crippen LogP contribution in [0.25, 0.3) is 0 Å². The Morgan fingerprint density at radius 1 is 1.14 bits per heavy atom. The zero-order valence-corrected chi connectivity index (χ0v) is 18.2. The molecule has 0 radical (unpaired) electrons. The van der Waals surface area contributed by atoms with Gasteiger partial charge in [0.2, 0.25) is 0 Å². The molecule has 29 heavy (non-hydrogen) atoms. The number of hydrogen-bond donors (Lipinski definition) is 0. The molecule has 0 saturated carbocycles. The minimum atomic E-state index is 0.0412. The molecule has 2 heterocycles. The summed E-state index contributed by atoms with van der Waals surface area (Å²) in [6.45, 7) is 13.2. The van der Waals surface area contributed by atoms with Crippen molar-refractivity contribution in [1.82, 2.24) is 15.0 Å². The van der Waals surface area contributed by atoms with E-state index in [2.05, 4.69) is 62.0 Å². The molecule has 0 N–H and O–H groups in total. The van der Waals surface area contributed by atoms with Crippen LogP contribution in [0.2, 0.25) is 0 Å². The molecule has 1 aliphatic carbocycles. The Hall–Kier alpha value is -2.14. The second-order valence-corrected chi connectivity index (χ2v) is 9.79. The van der Waals surface area contributed by atoms with Crippen molar-refractivity contribution in [3.05, 3.63) is 52.4 Å². The quantitative estimate of drug-likeness (QED) is 0.785. The molecule has 5 heteroatoms. The Labute approximate surface area is 174 Å². The number of aryl methyl sites for hydroxylation is 2. The third-order valence-corrected chi connectivity index (χ3v) is 6.65. The van der Waals surface area contributed by atoms with Crippen molar-refractivity contribution in [2.24, 2.45) is 11.3 Å². The average molecular weight is 396 g/mol. The fourth-order valence-corrected chi connectivity index (χ4v) is 4.52. The van der Waals surface area contributed by atoms with Gasteiger partial charge in [0.05, 0.1) is 0 Å². The zero-order valence-electron chi connectivity index (χ0n) is 18.2. The molecule has 0 bridgehead atoms. The van der Waals surface area contributed by atoms with Crippen LogP contribution >= 0.6 is 0 Å². The first kappa shape index (κ1) is 20.1. The normalized spacial score (nSPS) is 20.6. The molecule has 156 valence electrons. The molecule has 5 nitrogen and oxygen atoms in total. The van der Waals surface area contributed by atoms with Crippen molar-refractivity contribution >= 4 is 5.91 Å². The standard InChI is InChI=1S/C24H33N3O2/c1-17-5-7-18(8-6-17)16-26-11-13-27(14-12-26)23(28)22-20-15-19(24(2,3)4)9-10-21(20)29-25-22/h5-8,19H,9-16H2,1-4H3. The van der Waals surface area contributed by atoms with Crippen molar-refractivity contribution < 1.29 is 9.32 Å². The van der Waals surface area contributed by atoms with Crippen LogP contribution in [0, 0.1) is 18.3 Å². The van der Waals surface area contributed by atoms with Crippen LogP contribution in [0.5, 0.6) is 0 Å². The van der Waals surface area contributed by atoms with Crippen molar-refractivity contribution in [3.8, 4) is 0 Å². The van der Waals surface area contributed by atoms with Crippen LogP contribution in [0.3, 0.4) is 0 Å². The van der Waals surface area contributed by atoms with E-state index in [4.69, 9.17) is 4.52 Å². The second kappa shape index (κ2) is 7.94. The molecule has 4 rings (SSSR count). The number of piperazine rings is 1. The molecule has 0 spiro atoms. The number of rotatable bonds is 3. The summed E-state index contributed by atoms with van der Waals surface area (Å²) in [4.78, 5) is 17.5. The topological polar surface area (TPSA) is 49.6 Å². The first-order valence-corrected chi connectivity index (χ1v) is 10.9. The van der Waals surface area contributed by atoms with Crippen molar-refractivity contribution in [2.45, 2.75) is 53.5 Å². The van der Waals surface area contributed by atoms with E-state index in [1.165, 1.54) is 11.1 Å². The SMILES string of the molecule is Cc1ccc(CN2CCN(C(=O)c3noc4c3CC(C(C)(C)C)CC4)CC2)cc1. The fourth-order valence-electron chi connectivity index (χ4n) is 4.52. The molecule has 1 fully saturated rings. The van der Waals surface area contributed by atoms with Gasteiger partial charge in [-0.05, 0) is 36.7 Å². The molecule has 2 aliphatic rings. The number of carbonyl (C=O) groups is 1. The minimum Gasteiger partial charge on any atom is -0.360 e. The van der Waals surface area contributed by atoms with Gasteiger partial charge in [-0.25, -0.2) is 0 Å². The van der Waals surface area contributed by atoms with Gasteiger partial charge in [-0.1, -0.05) is 55.8 Å². The van der Waals surface area contributed by atoms with Crippen LogP contribution in [0.15, 0.2) is 28.8 Å². The Kier molecular flexibility index (Phi) is 5.52. The van der Waals surface area contributed by atoms with Gasteiger partial charge < -0.3 is 9.42 Å². The number of fused-ring (bicyclic) bond motifs is 1. The van der Waals surface area contributed by atoms with Gasteiger partial charge in [0.15, 0.2) is 5.69 Å². The maximum absolute atomic E-state index is 13.2. The third-order valence-electron chi connectivity index (χ3n) is 6.65. The highest BCUT2D eigenvalue weighted by Gasteiger charge is 2.35. The summed E-state index contributed by atoms with van der Waals surface area (Å²) < 4.78 is 5.56. The van der Waals surface area contributed by atoms with Gasteiger partial charge >= 0.3 is 0 Å². The molecule has 1 amide bonds. The van der Waals surface area contributed by atoms with Crippen molar-refractivity contribution in [3.63, 3.8) is 0 Å². The van der Waals surface area contributed by atoms with Crippen LogP contribution in [0.1, 0.15) is 60.1 Å². The third kappa shape index (κ3) is 4.40. The molecule has 1 aliphatic heterocycles. The Balaban J connectivity index is 1.38. The van der Waals surface area contributed by atoms with Crippen LogP contribution in [0.4, 0.5) is 0 Å². The highest BCUT2D eigenvalue weighted by atomic mass is 16.5. The summed E-state index contributed by atoms with van der Waals surface area (Å²) in [6.07, 6.45) is 2.90. The molecule has 2 aromatic rings. The number of benzene rings is 1. The lowest BCUT2D eigenvalue weighted by atomic mass is 9.71. The molecule has 1 atom stereocenters. The molecular weight excluding hydrogens is 362 g/mol. The number of carbonyl (C=O) groups excluding carboxylic acids is 1. The number of nitrogens with zero attached hydrogens (tertiary/aromatic N) is 3. The summed E-state index contributed by atoms with van der Waals surface area (Å²) in [5, 5.41) is 4.20. The summed E-state index contributed by atoms with van der Waals surface area (Å²) in [5.74, 6) is 1.53. The highest BCUT2D eigenvalue weighted by Crippen LogP contribution is 2.38. The van der Waals surface area contributed by atoms with Gasteiger partial charge in [-0.3, -0.25) is 9.69 Å². The molecular formula is C24H33N3O2. The number of aromatic nitrogens is 1. The van der Waals surface area contributed by atoms with E-state index in [0.29, 0.717) is 11.6 Å². The minimum absolute atomic E-state index is 0.0412. The van der Waals surface area contributed by atoms with E-state index < -0.39 is 0 Å². The van der Waals surface area contributed by atoms with E-state index in [9.17, 15) is 4.79 Å². The monoisotopic (exact) mass is 395 g/mol. The largest absolute Gasteiger partial charge is 0.360 e. The molecule has 1 aromatic heterocycles. The first-order valence-electron chi connectivity index (χ1n) is 10.9. The van der Waals surface area contributed by atoms with Crippen LogP contribution < -0.4 is 0 Å². The summed E-state index contributed by atoms with van der Waals surface area (Å²) in [5.41, 5.74) is 4.46. The van der Waals surface area contributed by atoms with E-state index >= 15 is 0 Å². The molecule has 1 aromatic carbocycles. The lowest BCUT2D eigenvalue weighted by molar-refractivity contribution is 0.0617. The lowest BCUT2D eigenvalue weighted by Gasteiger charge is -2.35. The van der Waals surface area contributed by atoms with Crippen molar-refractivity contribution in [1.29, 1.82) is 0 Å². The summed E-state index contributed by atoms with van der Waals surface area (Å²) in [7, 11) is 0. The van der Waals surface area contributed by atoms with Gasteiger partial charge in [0, 0.05) is 44.7 Å². The smallest absolute Gasteiger partial charge is 0.276 e. The average Bonchev–Trinajstić information content (AvgIpc) is 3.12. The van der Waals surface area contributed by atoms with Gasteiger partial charge in [-0.2, -0.15) is 0 Å². The fraction of sp³-hybridized carbons (Fsp3) is 0.583. The van der Waals surface area contributed by atoms with Crippen LogP contribution in [-0.4, -0.2) is 47.0 Å². The Bertz CT molecular complexity index is 855. The predicted molar refractivity (Wildman–Crippen MR) is 114 cm³/mol. The van der Waals surface area contributed by atoms with Gasteiger partial charge in [0.25, 0.3) is 5.91 Å². The lowest BCUT2D eigenvalue weighted by Crippen LogP contribution is -2.48. The Morgan fingerprint density at radius 3 is 2.48 bits per heavy atom. The maximum atomic E-state index is 13.2. The molecule has 1 saturated heterocycles. The zero-order chi connectivity index (χ0) is 20.6. The van der Waals surface area contributed by atoms with Gasteiger partial charge in [-0.15, -0.1) is 0 Å². The van der Waals surface area contributed by atoms with E-state index in [0.717, 1.165) is 63.3 Å². The summed E-state index contributed by atoms with van der Waals surface area (Å²) >= 11 is 0. The van der Waals surface area contributed by atoms with Crippen LogP contribution in [-0.2, 0) is 19.4 Å². The van der Waals surface area contributed by atoms with E-state index in [-0.39, 0.29) is 11.3 Å².